The van der Waals surface area contributed by atoms with Crippen LogP contribution >= 0.6 is 0 Å². The lowest BCUT2D eigenvalue weighted by Crippen LogP contribution is -2.43. The van der Waals surface area contributed by atoms with Crippen molar-refractivity contribution in [2.45, 2.75) is 32.0 Å². The molecule has 3 rings (SSSR count). The number of carboxylic acids is 1. The first kappa shape index (κ1) is 19.9. The van der Waals surface area contributed by atoms with E-state index < -0.39 is 5.97 Å². The number of rotatable bonds is 8. The van der Waals surface area contributed by atoms with Crippen LogP contribution in [-0.4, -0.2) is 53.0 Å². The van der Waals surface area contributed by atoms with Crippen LogP contribution in [0.5, 0.6) is 5.75 Å². The molecule has 1 aliphatic rings. The van der Waals surface area contributed by atoms with Crippen molar-refractivity contribution >= 4 is 11.9 Å². The van der Waals surface area contributed by atoms with E-state index in [0.717, 1.165) is 31.5 Å². The lowest BCUT2D eigenvalue weighted by atomic mass is 10.1. The minimum atomic E-state index is -1.01. The third-order valence-electron chi connectivity index (χ3n) is 4.96. The molecule has 2 aromatic rings. The van der Waals surface area contributed by atoms with Gasteiger partial charge in [-0.3, -0.25) is 9.69 Å². The smallest absolute Gasteiger partial charge is 0.341 e. The summed E-state index contributed by atoms with van der Waals surface area (Å²) in [6.07, 6.45) is 1.92. The summed E-state index contributed by atoms with van der Waals surface area (Å²) in [6.45, 7) is 1.87. The minimum Gasteiger partial charge on any atom is -0.482 e. The van der Waals surface area contributed by atoms with Gasteiger partial charge >= 0.3 is 5.97 Å². The number of aliphatic carboxylic acids is 1. The third-order valence-corrected chi connectivity index (χ3v) is 4.96. The number of amides is 1. The molecule has 1 N–H and O–H groups in total. The van der Waals surface area contributed by atoms with Crippen molar-refractivity contribution in [2.75, 3.05) is 20.2 Å². The van der Waals surface area contributed by atoms with Crippen LogP contribution < -0.4 is 4.74 Å². The van der Waals surface area contributed by atoms with Crippen molar-refractivity contribution in [3.05, 3.63) is 65.7 Å². The Morgan fingerprint density at radius 2 is 1.82 bits per heavy atom. The summed E-state index contributed by atoms with van der Waals surface area (Å²) in [5, 5.41) is 8.65. The van der Waals surface area contributed by atoms with Gasteiger partial charge in [0.25, 0.3) is 0 Å². The Hall–Kier alpha value is -2.86. The quantitative estimate of drug-likeness (QED) is 0.760. The Balaban J connectivity index is 1.56. The second-order valence-corrected chi connectivity index (χ2v) is 7.13. The standard InChI is InChI=1S/C22H26N2O4/c1-23(14-18-9-11-19(12-10-18)28-16-21(25)26)22(27)20-8-5-13-24(20)15-17-6-3-2-4-7-17/h2-4,6-7,9-12,20H,5,8,13-16H2,1H3,(H,25,26). The third kappa shape index (κ3) is 5.33. The van der Waals surface area contributed by atoms with Crippen LogP contribution in [0, 0.1) is 0 Å². The van der Waals surface area contributed by atoms with Gasteiger partial charge in [-0.05, 0) is 42.6 Å². The van der Waals surface area contributed by atoms with E-state index >= 15 is 0 Å². The van der Waals surface area contributed by atoms with Crippen molar-refractivity contribution in [1.82, 2.24) is 9.80 Å². The molecule has 148 valence electrons. The summed E-state index contributed by atoms with van der Waals surface area (Å²) in [5.41, 5.74) is 2.20. The molecule has 0 aromatic heterocycles. The number of nitrogens with zero attached hydrogens (tertiary/aromatic N) is 2. The Morgan fingerprint density at radius 1 is 1.11 bits per heavy atom. The molecule has 6 heteroatoms. The first-order valence-corrected chi connectivity index (χ1v) is 9.49. The van der Waals surface area contributed by atoms with Gasteiger partial charge < -0.3 is 14.7 Å². The number of likely N-dealkylation sites (tertiary alicyclic amines) is 1. The molecule has 1 unspecified atom stereocenters. The number of ether oxygens (including phenoxy) is 1. The predicted octanol–water partition coefficient (Wildman–Crippen LogP) is 2.77. The fourth-order valence-corrected chi connectivity index (χ4v) is 3.56. The largest absolute Gasteiger partial charge is 0.482 e. The van der Waals surface area contributed by atoms with Crippen molar-refractivity contribution in [3.63, 3.8) is 0 Å². The van der Waals surface area contributed by atoms with Crippen LogP contribution in [0.3, 0.4) is 0 Å². The molecule has 0 aliphatic carbocycles. The van der Waals surface area contributed by atoms with Crippen molar-refractivity contribution in [3.8, 4) is 5.75 Å². The molecule has 0 saturated carbocycles. The molecular formula is C22H26N2O4. The second kappa shape index (κ2) is 9.37. The summed E-state index contributed by atoms with van der Waals surface area (Å²) in [5.74, 6) is -0.365. The summed E-state index contributed by atoms with van der Waals surface area (Å²) in [6, 6.07) is 17.3. The molecule has 28 heavy (non-hydrogen) atoms. The van der Waals surface area contributed by atoms with Gasteiger partial charge in [0.15, 0.2) is 6.61 Å². The number of carboxylic acid groups (broad SMARTS) is 1. The summed E-state index contributed by atoms with van der Waals surface area (Å²) in [7, 11) is 1.83. The van der Waals surface area contributed by atoms with Crippen LogP contribution in [0.1, 0.15) is 24.0 Å². The van der Waals surface area contributed by atoms with Crippen LogP contribution in [0.4, 0.5) is 0 Å². The van der Waals surface area contributed by atoms with Crippen LogP contribution in [0.2, 0.25) is 0 Å². The fourth-order valence-electron chi connectivity index (χ4n) is 3.56. The Bertz CT molecular complexity index is 792. The topological polar surface area (TPSA) is 70.1 Å². The Morgan fingerprint density at radius 3 is 2.50 bits per heavy atom. The van der Waals surface area contributed by atoms with E-state index in [1.165, 1.54) is 5.56 Å². The van der Waals surface area contributed by atoms with Gasteiger partial charge in [0, 0.05) is 20.1 Å². The average Bonchev–Trinajstić information content (AvgIpc) is 3.15. The Labute approximate surface area is 165 Å². The highest BCUT2D eigenvalue weighted by atomic mass is 16.5. The van der Waals surface area contributed by atoms with E-state index in [-0.39, 0.29) is 18.6 Å². The predicted molar refractivity (Wildman–Crippen MR) is 106 cm³/mol. The normalized spacial score (nSPS) is 16.7. The molecule has 1 aliphatic heterocycles. The first-order valence-electron chi connectivity index (χ1n) is 9.49. The number of likely N-dealkylation sites (N-methyl/N-ethyl adjacent to an activating group) is 1. The zero-order valence-electron chi connectivity index (χ0n) is 16.1. The van der Waals surface area contributed by atoms with Gasteiger partial charge in [0.05, 0.1) is 6.04 Å². The van der Waals surface area contributed by atoms with Crippen molar-refractivity contribution in [1.29, 1.82) is 0 Å². The molecule has 6 nitrogen and oxygen atoms in total. The molecule has 0 radical (unpaired) electrons. The molecule has 0 bridgehead atoms. The van der Waals surface area contributed by atoms with E-state index in [0.29, 0.717) is 12.3 Å². The SMILES string of the molecule is CN(Cc1ccc(OCC(=O)O)cc1)C(=O)C1CCCN1Cc1ccccc1. The van der Waals surface area contributed by atoms with E-state index in [4.69, 9.17) is 9.84 Å². The second-order valence-electron chi connectivity index (χ2n) is 7.13. The summed E-state index contributed by atoms with van der Waals surface area (Å²) < 4.78 is 5.14. The maximum absolute atomic E-state index is 13.0. The number of hydrogen-bond acceptors (Lipinski definition) is 4. The molecule has 1 atom stereocenters. The fraction of sp³-hybridized carbons (Fsp3) is 0.364. The van der Waals surface area contributed by atoms with E-state index in [2.05, 4.69) is 17.0 Å². The number of hydrogen-bond donors (Lipinski definition) is 1. The summed E-state index contributed by atoms with van der Waals surface area (Å²) in [4.78, 5) is 27.6. The molecule has 0 spiro atoms. The van der Waals surface area contributed by atoms with E-state index in [1.54, 1.807) is 17.0 Å². The molecule has 2 aromatic carbocycles. The zero-order valence-corrected chi connectivity index (χ0v) is 16.1. The first-order chi connectivity index (χ1) is 13.5. The van der Waals surface area contributed by atoms with Gasteiger partial charge in [-0.15, -0.1) is 0 Å². The van der Waals surface area contributed by atoms with Gasteiger partial charge in [-0.25, -0.2) is 4.79 Å². The van der Waals surface area contributed by atoms with Crippen LogP contribution in [0.25, 0.3) is 0 Å². The minimum absolute atomic E-state index is 0.0802. The van der Waals surface area contributed by atoms with Crippen molar-refractivity contribution in [2.24, 2.45) is 0 Å². The molecule has 1 heterocycles. The van der Waals surface area contributed by atoms with E-state index in [1.807, 2.05) is 37.4 Å². The van der Waals surface area contributed by atoms with Gasteiger partial charge in [0.1, 0.15) is 5.75 Å². The highest BCUT2D eigenvalue weighted by Gasteiger charge is 2.32. The Kier molecular flexibility index (Phi) is 6.66. The lowest BCUT2D eigenvalue weighted by molar-refractivity contribution is -0.139. The molecule has 1 amide bonds. The zero-order chi connectivity index (χ0) is 19.9. The van der Waals surface area contributed by atoms with Crippen molar-refractivity contribution < 1.29 is 19.4 Å². The number of carbonyl (C=O) groups is 2. The highest BCUT2D eigenvalue weighted by molar-refractivity contribution is 5.82. The number of benzene rings is 2. The van der Waals surface area contributed by atoms with Gasteiger partial charge in [-0.2, -0.15) is 0 Å². The average molecular weight is 382 g/mol. The van der Waals surface area contributed by atoms with Crippen LogP contribution in [0.15, 0.2) is 54.6 Å². The van der Waals surface area contributed by atoms with Crippen LogP contribution in [-0.2, 0) is 22.7 Å². The molecule has 1 saturated heterocycles. The highest BCUT2D eigenvalue weighted by Crippen LogP contribution is 2.22. The number of carbonyl (C=O) groups excluding carboxylic acids is 1. The molecular weight excluding hydrogens is 356 g/mol. The van der Waals surface area contributed by atoms with Gasteiger partial charge in [-0.1, -0.05) is 42.5 Å². The lowest BCUT2D eigenvalue weighted by Gasteiger charge is -2.28. The summed E-state index contributed by atoms with van der Waals surface area (Å²) >= 11 is 0. The maximum Gasteiger partial charge on any atom is 0.341 e. The maximum atomic E-state index is 13.0. The van der Waals surface area contributed by atoms with Gasteiger partial charge in [0.2, 0.25) is 5.91 Å². The monoisotopic (exact) mass is 382 g/mol. The van der Waals surface area contributed by atoms with E-state index in [9.17, 15) is 9.59 Å². The molecule has 1 fully saturated rings.